The molecule has 1 aromatic heterocycles. The lowest BCUT2D eigenvalue weighted by molar-refractivity contribution is 0.0719. The Morgan fingerprint density at radius 3 is 2.71 bits per heavy atom. The van der Waals surface area contributed by atoms with Crippen LogP contribution in [0.3, 0.4) is 0 Å². The van der Waals surface area contributed by atoms with Crippen molar-refractivity contribution in [2.45, 2.75) is 39.5 Å². The van der Waals surface area contributed by atoms with Gasteiger partial charge in [-0.05, 0) is 37.8 Å². The first-order valence-corrected chi connectivity index (χ1v) is 9.98. The number of amidine groups is 1. The van der Waals surface area contributed by atoms with Crippen molar-refractivity contribution in [1.29, 1.82) is 0 Å². The van der Waals surface area contributed by atoms with E-state index in [1.54, 1.807) is 0 Å². The number of fused-ring (bicyclic) bond motifs is 1. The molecule has 0 radical (unpaired) electrons. The second kappa shape index (κ2) is 6.65. The fourth-order valence-electron chi connectivity index (χ4n) is 3.97. The second-order valence-electron chi connectivity index (χ2n) is 7.54. The van der Waals surface area contributed by atoms with E-state index in [0.29, 0.717) is 12.0 Å². The average molecular weight is 349 g/mol. The molecule has 1 aromatic rings. The van der Waals surface area contributed by atoms with Gasteiger partial charge in [-0.1, -0.05) is 5.16 Å². The maximum absolute atomic E-state index is 5.74. The maximum atomic E-state index is 5.74. The summed E-state index contributed by atoms with van der Waals surface area (Å²) in [7, 11) is 0. The van der Waals surface area contributed by atoms with Crippen molar-refractivity contribution in [3.05, 3.63) is 21.9 Å². The summed E-state index contributed by atoms with van der Waals surface area (Å²) in [4.78, 5) is 14.8. The molecular weight excluding hydrogens is 320 g/mol. The van der Waals surface area contributed by atoms with E-state index < -0.39 is 0 Å². The Hall–Kier alpha value is -1.11. The summed E-state index contributed by atoms with van der Waals surface area (Å²) in [6, 6.07) is 2.81. The molecule has 24 heavy (non-hydrogen) atoms. The van der Waals surface area contributed by atoms with Crippen molar-refractivity contribution < 1.29 is 4.84 Å². The smallest absolute Gasteiger partial charge is 0.152 e. The van der Waals surface area contributed by atoms with Crippen molar-refractivity contribution in [3.8, 4) is 0 Å². The van der Waals surface area contributed by atoms with Crippen molar-refractivity contribution in [3.63, 3.8) is 0 Å². The van der Waals surface area contributed by atoms with Gasteiger partial charge in [0.05, 0.1) is 5.92 Å². The van der Waals surface area contributed by atoms with Gasteiger partial charge < -0.3 is 9.74 Å². The number of hydrogen-bond donors (Lipinski definition) is 0. The zero-order valence-electron chi connectivity index (χ0n) is 14.9. The molecule has 2 fully saturated rings. The highest BCUT2D eigenvalue weighted by molar-refractivity contribution is 7.10. The first-order chi connectivity index (χ1) is 11.6. The number of piperazine rings is 1. The lowest BCUT2D eigenvalue weighted by Crippen LogP contribution is -2.50. The van der Waals surface area contributed by atoms with Crippen LogP contribution in [0, 0.1) is 12.8 Å². The Balaban J connectivity index is 1.32. The topological polar surface area (TPSA) is 31.3 Å². The third-order valence-electron chi connectivity index (χ3n) is 5.67. The predicted molar refractivity (Wildman–Crippen MR) is 98.4 cm³/mol. The highest BCUT2D eigenvalue weighted by Gasteiger charge is 2.45. The number of thiophene rings is 1. The number of oxime groups is 1. The lowest BCUT2D eigenvalue weighted by atomic mass is 10.0. The third kappa shape index (κ3) is 3.07. The van der Waals surface area contributed by atoms with E-state index in [1.165, 1.54) is 16.3 Å². The number of likely N-dealkylation sites (tertiary alicyclic amines) is 1. The first kappa shape index (κ1) is 16.4. The maximum Gasteiger partial charge on any atom is 0.152 e. The van der Waals surface area contributed by atoms with E-state index in [4.69, 9.17) is 4.84 Å². The molecule has 0 bridgehead atoms. The summed E-state index contributed by atoms with van der Waals surface area (Å²) in [6.45, 7) is 14.3. The molecule has 0 unspecified atom stereocenters. The number of nitrogens with zero attached hydrogens (tertiary/aromatic N) is 4. The van der Waals surface area contributed by atoms with E-state index in [0.717, 1.165) is 45.8 Å². The summed E-state index contributed by atoms with van der Waals surface area (Å²) in [5.41, 5.74) is 1.43. The predicted octanol–water partition coefficient (Wildman–Crippen LogP) is 2.23. The number of rotatable bonds is 3. The quantitative estimate of drug-likeness (QED) is 0.838. The standard InChI is InChI=1S/C18H28N4OS/c1-13(2)22-10-15-16(11-22)23-19-18(15)21-7-5-20(6-8-21)12-17-14(3)4-9-24-17/h4,9,13,15-16H,5-8,10-12H2,1-3H3/t15-,16-/m0/s1. The molecular formula is C18H28N4OS. The molecule has 5 nitrogen and oxygen atoms in total. The summed E-state index contributed by atoms with van der Waals surface area (Å²) in [6.07, 6.45) is 0.272. The summed E-state index contributed by atoms with van der Waals surface area (Å²) >= 11 is 1.88. The minimum Gasteiger partial charge on any atom is -0.389 e. The highest BCUT2D eigenvalue weighted by atomic mass is 32.1. The minimum absolute atomic E-state index is 0.272. The van der Waals surface area contributed by atoms with E-state index in [9.17, 15) is 0 Å². The lowest BCUT2D eigenvalue weighted by Gasteiger charge is -2.36. The van der Waals surface area contributed by atoms with Gasteiger partial charge in [0.25, 0.3) is 0 Å². The Morgan fingerprint density at radius 1 is 1.25 bits per heavy atom. The van der Waals surface area contributed by atoms with E-state index in [2.05, 4.69) is 52.1 Å². The van der Waals surface area contributed by atoms with Gasteiger partial charge in [0.2, 0.25) is 0 Å². The van der Waals surface area contributed by atoms with Crippen LogP contribution in [-0.2, 0) is 11.4 Å². The molecule has 0 N–H and O–H groups in total. The molecule has 3 aliphatic rings. The molecule has 2 saturated heterocycles. The monoisotopic (exact) mass is 348 g/mol. The van der Waals surface area contributed by atoms with Crippen LogP contribution in [0.1, 0.15) is 24.3 Å². The van der Waals surface area contributed by atoms with Gasteiger partial charge in [-0.15, -0.1) is 11.3 Å². The van der Waals surface area contributed by atoms with Crippen LogP contribution < -0.4 is 0 Å². The van der Waals surface area contributed by atoms with Crippen LogP contribution >= 0.6 is 11.3 Å². The van der Waals surface area contributed by atoms with Crippen LogP contribution in [0.2, 0.25) is 0 Å². The van der Waals surface area contributed by atoms with Gasteiger partial charge in [0, 0.05) is 56.7 Å². The van der Waals surface area contributed by atoms with Gasteiger partial charge >= 0.3 is 0 Å². The van der Waals surface area contributed by atoms with Gasteiger partial charge in [-0.25, -0.2) is 0 Å². The normalized spacial score (nSPS) is 28.3. The molecule has 4 heterocycles. The van der Waals surface area contributed by atoms with Gasteiger partial charge in [-0.3, -0.25) is 9.80 Å². The Labute approximate surface area is 148 Å². The summed E-state index contributed by atoms with van der Waals surface area (Å²) < 4.78 is 0. The van der Waals surface area contributed by atoms with E-state index >= 15 is 0 Å². The zero-order chi connectivity index (χ0) is 16.7. The molecule has 2 atom stereocenters. The third-order valence-corrected chi connectivity index (χ3v) is 6.68. The molecule has 6 heteroatoms. The van der Waals surface area contributed by atoms with Crippen LogP contribution in [0.5, 0.6) is 0 Å². The molecule has 0 saturated carbocycles. The molecule has 3 aliphatic heterocycles. The molecule has 132 valence electrons. The molecule has 0 aromatic carbocycles. The number of hydrogen-bond acceptors (Lipinski definition) is 6. The van der Waals surface area contributed by atoms with Gasteiger partial charge in [-0.2, -0.15) is 0 Å². The summed E-state index contributed by atoms with van der Waals surface area (Å²) in [5.74, 6) is 1.67. The van der Waals surface area contributed by atoms with E-state index in [-0.39, 0.29) is 6.10 Å². The highest BCUT2D eigenvalue weighted by Crippen LogP contribution is 2.30. The first-order valence-electron chi connectivity index (χ1n) is 9.10. The summed E-state index contributed by atoms with van der Waals surface area (Å²) in [5, 5.41) is 6.65. The fraction of sp³-hybridized carbons (Fsp3) is 0.722. The Bertz CT molecular complexity index is 606. The number of aryl methyl sites for hydroxylation is 1. The van der Waals surface area contributed by atoms with Crippen LogP contribution in [0.4, 0.5) is 0 Å². The molecule has 0 spiro atoms. The SMILES string of the molecule is Cc1ccsc1CN1CCN(C2=NO[C@H]3CN(C(C)C)C[C@H]23)CC1. The van der Waals surface area contributed by atoms with Gasteiger partial charge in [0.1, 0.15) is 0 Å². The average Bonchev–Trinajstić information content (AvgIpc) is 3.24. The van der Waals surface area contributed by atoms with Crippen LogP contribution in [-0.4, -0.2) is 71.9 Å². The fourth-order valence-corrected chi connectivity index (χ4v) is 4.91. The van der Waals surface area contributed by atoms with Gasteiger partial charge in [0.15, 0.2) is 11.9 Å². The Morgan fingerprint density at radius 2 is 2.04 bits per heavy atom. The van der Waals surface area contributed by atoms with Crippen molar-refractivity contribution in [2.24, 2.45) is 11.1 Å². The van der Waals surface area contributed by atoms with E-state index in [1.807, 2.05) is 11.3 Å². The van der Waals surface area contributed by atoms with Crippen molar-refractivity contribution in [1.82, 2.24) is 14.7 Å². The van der Waals surface area contributed by atoms with Crippen LogP contribution in [0.25, 0.3) is 0 Å². The van der Waals surface area contributed by atoms with Crippen molar-refractivity contribution >= 4 is 17.2 Å². The Kier molecular flexibility index (Phi) is 4.54. The molecule has 0 amide bonds. The minimum atomic E-state index is 0.272. The molecule has 0 aliphatic carbocycles. The zero-order valence-corrected chi connectivity index (χ0v) is 15.8. The molecule has 4 rings (SSSR count). The largest absolute Gasteiger partial charge is 0.389 e. The second-order valence-corrected chi connectivity index (χ2v) is 8.54. The van der Waals surface area contributed by atoms with Crippen LogP contribution in [0.15, 0.2) is 16.6 Å². The van der Waals surface area contributed by atoms with Crippen molar-refractivity contribution in [2.75, 3.05) is 39.3 Å².